The topological polar surface area (TPSA) is 84.4 Å². The zero-order chi connectivity index (χ0) is 13.0. The molecular formula is C12H20N4O2. The molecule has 2 heterocycles. The number of nitrogen functional groups attached to an aromatic ring is 1. The van der Waals surface area contributed by atoms with Crippen LogP contribution in [0.25, 0.3) is 0 Å². The van der Waals surface area contributed by atoms with Crippen molar-refractivity contribution in [2.45, 2.75) is 32.7 Å². The van der Waals surface area contributed by atoms with Crippen LogP contribution in [0.1, 0.15) is 42.4 Å². The number of rotatable bonds is 4. The quantitative estimate of drug-likeness (QED) is 0.472. The monoisotopic (exact) mass is 252 g/mol. The lowest BCUT2D eigenvalue weighted by molar-refractivity contribution is 0.0944. The maximum atomic E-state index is 11.2. The first kappa shape index (κ1) is 13.0. The highest BCUT2D eigenvalue weighted by Gasteiger charge is 2.20. The summed E-state index contributed by atoms with van der Waals surface area (Å²) in [7, 11) is 0. The molecule has 1 aliphatic rings. The fourth-order valence-electron chi connectivity index (χ4n) is 2.42. The molecule has 6 nitrogen and oxygen atoms in total. The van der Waals surface area contributed by atoms with Crippen LogP contribution < -0.4 is 11.3 Å². The van der Waals surface area contributed by atoms with Crippen molar-refractivity contribution in [1.29, 1.82) is 0 Å². The van der Waals surface area contributed by atoms with Crippen molar-refractivity contribution in [2.75, 3.05) is 13.1 Å². The lowest BCUT2D eigenvalue weighted by atomic mass is 9.96. The van der Waals surface area contributed by atoms with Gasteiger partial charge in [0.2, 0.25) is 0 Å². The Morgan fingerprint density at radius 2 is 2.56 bits per heavy atom. The van der Waals surface area contributed by atoms with Gasteiger partial charge in [-0.2, -0.15) is 0 Å². The van der Waals surface area contributed by atoms with Gasteiger partial charge in [-0.05, 0) is 25.3 Å². The molecule has 0 aliphatic carbocycles. The molecule has 6 heteroatoms. The van der Waals surface area contributed by atoms with E-state index in [-0.39, 0.29) is 5.69 Å². The van der Waals surface area contributed by atoms with Crippen molar-refractivity contribution >= 4 is 5.91 Å². The van der Waals surface area contributed by atoms with Crippen molar-refractivity contribution in [1.82, 2.24) is 15.5 Å². The van der Waals surface area contributed by atoms with E-state index in [2.05, 4.69) is 17.0 Å². The number of nitrogens with one attached hydrogen (secondary N) is 1. The van der Waals surface area contributed by atoms with Gasteiger partial charge in [0, 0.05) is 12.6 Å². The summed E-state index contributed by atoms with van der Waals surface area (Å²) in [6.07, 6.45) is 3.75. The van der Waals surface area contributed by atoms with E-state index in [9.17, 15) is 4.79 Å². The van der Waals surface area contributed by atoms with Gasteiger partial charge in [0.05, 0.1) is 6.54 Å². The van der Waals surface area contributed by atoms with Crippen LogP contribution in [0.3, 0.4) is 0 Å². The summed E-state index contributed by atoms with van der Waals surface area (Å²) in [5.74, 6) is 6.11. The van der Waals surface area contributed by atoms with Crippen molar-refractivity contribution in [2.24, 2.45) is 11.8 Å². The van der Waals surface area contributed by atoms with Gasteiger partial charge >= 0.3 is 0 Å². The molecular weight excluding hydrogens is 232 g/mol. The van der Waals surface area contributed by atoms with E-state index in [1.54, 1.807) is 6.07 Å². The zero-order valence-corrected chi connectivity index (χ0v) is 10.7. The summed E-state index contributed by atoms with van der Waals surface area (Å²) in [6.45, 7) is 5.11. The normalized spacial score (nSPS) is 20.9. The van der Waals surface area contributed by atoms with Crippen LogP contribution in [-0.2, 0) is 6.54 Å². The smallest absolute Gasteiger partial charge is 0.287 e. The molecule has 3 N–H and O–H groups in total. The summed E-state index contributed by atoms with van der Waals surface area (Å²) in [4.78, 5) is 13.6. The second-order valence-corrected chi connectivity index (χ2v) is 4.80. The maximum Gasteiger partial charge on any atom is 0.287 e. The van der Waals surface area contributed by atoms with E-state index in [1.807, 2.05) is 5.43 Å². The first-order chi connectivity index (χ1) is 8.72. The van der Waals surface area contributed by atoms with Gasteiger partial charge in [0.25, 0.3) is 5.91 Å². The summed E-state index contributed by atoms with van der Waals surface area (Å²) in [5, 5.41) is 3.70. The van der Waals surface area contributed by atoms with Gasteiger partial charge in [0.1, 0.15) is 0 Å². The van der Waals surface area contributed by atoms with E-state index in [1.165, 1.54) is 19.3 Å². The molecule has 1 aromatic heterocycles. The Balaban J connectivity index is 1.92. The maximum absolute atomic E-state index is 11.2. The number of piperidine rings is 1. The summed E-state index contributed by atoms with van der Waals surface area (Å²) in [5.41, 5.74) is 2.27. The Morgan fingerprint density at radius 1 is 1.72 bits per heavy atom. The molecule has 0 aromatic carbocycles. The number of carbonyl (C=O) groups excluding carboxylic acids is 1. The Bertz CT molecular complexity index is 405. The average molecular weight is 252 g/mol. The second kappa shape index (κ2) is 5.97. The molecule has 0 radical (unpaired) electrons. The Labute approximate surface area is 106 Å². The van der Waals surface area contributed by atoms with Crippen molar-refractivity contribution < 1.29 is 9.32 Å². The molecule has 1 aliphatic heterocycles. The van der Waals surface area contributed by atoms with E-state index in [0.717, 1.165) is 19.0 Å². The molecule has 1 amide bonds. The number of hydrogen-bond donors (Lipinski definition) is 2. The second-order valence-electron chi connectivity index (χ2n) is 4.80. The van der Waals surface area contributed by atoms with E-state index < -0.39 is 5.91 Å². The highest BCUT2D eigenvalue weighted by atomic mass is 16.5. The van der Waals surface area contributed by atoms with Gasteiger partial charge in [-0.15, -0.1) is 0 Å². The number of likely N-dealkylation sites (tertiary alicyclic amines) is 1. The molecule has 18 heavy (non-hydrogen) atoms. The molecule has 1 fully saturated rings. The van der Waals surface area contributed by atoms with Gasteiger partial charge in [-0.1, -0.05) is 18.5 Å². The summed E-state index contributed by atoms with van der Waals surface area (Å²) < 4.78 is 5.15. The molecule has 0 spiro atoms. The Morgan fingerprint density at radius 3 is 3.28 bits per heavy atom. The first-order valence-electron chi connectivity index (χ1n) is 6.41. The standard InChI is InChI=1S/C12H20N4O2/c1-2-9-4-3-5-16(7-9)8-10-6-11(15-18-10)12(17)14-13/h6,9H,2-5,7-8,13H2,1H3,(H,14,17). The number of aromatic nitrogens is 1. The molecule has 1 atom stereocenters. The average Bonchev–Trinajstić information content (AvgIpc) is 2.86. The number of hydrazine groups is 1. The lowest BCUT2D eigenvalue weighted by Crippen LogP contribution is -2.34. The van der Waals surface area contributed by atoms with Gasteiger partial charge < -0.3 is 4.52 Å². The number of amides is 1. The number of carbonyl (C=O) groups is 1. The van der Waals surface area contributed by atoms with Gasteiger partial charge in [-0.3, -0.25) is 15.1 Å². The van der Waals surface area contributed by atoms with Gasteiger partial charge in [0.15, 0.2) is 11.5 Å². The minimum Gasteiger partial charge on any atom is -0.359 e. The zero-order valence-electron chi connectivity index (χ0n) is 10.7. The van der Waals surface area contributed by atoms with E-state index in [0.29, 0.717) is 12.3 Å². The predicted molar refractivity (Wildman–Crippen MR) is 66.4 cm³/mol. The molecule has 2 rings (SSSR count). The fourth-order valence-corrected chi connectivity index (χ4v) is 2.42. The summed E-state index contributed by atoms with van der Waals surface area (Å²) in [6, 6.07) is 1.65. The molecule has 100 valence electrons. The number of hydrogen-bond acceptors (Lipinski definition) is 5. The first-order valence-corrected chi connectivity index (χ1v) is 6.41. The minimum absolute atomic E-state index is 0.233. The number of nitrogens with two attached hydrogens (primary N) is 1. The predicted octanol–water partition coefficient (Wildman–Crippen LogP) is 0.900. The van der Waals surface area contributed by atoms with Gasteiger partial charge in [-0.25, -0.2) is 5.84 Å². The van der Waals surface area contributed by atoms with Crippen molar-refractivity contribution in [3.05, 3.63) is 17.5 Å². The van der Waals surface area contributed by atoms with Crippen LogP contribution in [0, 0.1) is 5.92 Å². The highest BCUT2D eigenvalue weighted by Crippen LogP contribution is 2.20. The highest BCUT2D eigenvalue weighted by molar-refractivity contribution is 5.91. The third-order valence-corrected chi connectivity index (χ3v) is 3.48. The molecule has 0 bridgehead atoms. The van der Waals surface area contributed by atoms with Crippen molar-refractivity contribution in [3.63, 3.8) is 0 Å². The third-order valence-electron chi connectivity index (χ3n) is 3.48. The fraction of sp³-hybridized carbons (Fsp3) is 0.667. The van der Waals surface area contributed by atoms with Crippen LogP contribution in [0.4, 0.5) is 0 Å². The van der Waals surface area contributed by atoms with Crippen LogP contribution in [0.5, 0.6) is 0 Å². The minimum atomic E-state index is -0.421. The Kier molecular flexibility index (Phi) is 4.33. The van der Waals surface area contributed by atoms with Crippen molar-refractivity contribution in [3.8, 4) is 0 Å². The lowest BCUT2D eigenvalue weighted by Gasteiger charge is -2.31. The SMILES string of the molecule is CCC1CCCN(Cc2cc(C(=O)NN)no2)C1. The molecule has 0 saturated carbocycles. The van der Waals surface area contributed by atoms with Crippen LogP contribution in [-0.4, -0.2) is 29.1 Å². The summed E-state index contributed by atoms with van der Waals surface area (Å²) >= 11 is 0. The molecule has 1 saturated heterocycles. The molecule has 1 aromatic rings. The van der Waals surface area contributed by atoms with E-state index in [4.69, 9.17) is 10.4 Å². The van der Waals surface area contributed by atoms with Crippen LogP contribution in [0.15, 0.2) is 10.6 Å². The third kappa shape index (κ3) is 3.08. The van der Waals surface area contributed by atoms with Crippen LogP contribution in [0.2, 0.25) is 0 Å². The number of nitrogens with zero attached hydrogens (tertiary/aromatic N) is 2. The van der Waals surface area contributed by atoms with E-state index >= 15 is 0 Å². The molecule has 1 unspecified atom stereocenters. The largest absolute Gasteiger partial charge is 0.359 e. The van der Waals surface area contributed by atoms with Crippen LogP contribution >= 0.6 is 0 Å². The Hall–Kier alpha value is -1.40.